The van der Waals surface area contributed by atoms with Crippen molar-refractivity contribution in [3.05, 3.63) is 71.0 Å². The first-order valence-corrected chi connectivity index (χ1v) is 8.48. The van der Waals surface area contributed by atoms with E-state index in [1.807, 2.05) is 36.4 Å². The summed E-state index contributed by atoms with van der Waals surface area (Å²) in [6.07, 6.45) is 3.77. The summed E-state index contributed by atoms with van der Waals surface area (Å²) in [5.74, 6) is 0.403. The summed E-state index contributed by atoms with van der Waals surface area (Å²) in [6, 6.07) is 14.9. The van der Waals surface area contributed by atoms with Gasteiger partial charge >= 0.3 is 0 Å². The minimum absolute atomic E-state index is 0.0176. The van der Waals surface area contributed by atoms with Crippen LogP contribution in [-0.2, 0) is 0 Å². The zero-order chi connectivity index (χ0) is 17.2. The highest BCUT2D eigenvalue weighted by Gasteiger charge is 2.33. The summed E-state index contributed by atoms with van der Waals surface area (Å²) < 4.78 is 1.54. The van der Waals surface area contributed by atoms with Gasteiger partial charge < -0.3 is 5.32 Å². The predicted octanol–water partition coefficient (Wildman–Crippen LogP) is 3.20. The Labute approximate surface area is 149 Å². The van der Waals surface area contributed by atoms with Gasteiger partial charge in [-0.15, -0.1) is 5.10 Å². The number of nitrogens with zero attached hydrogens (tertiary/aromatic N) is 4. The van der Waals surface area contributed by atoms with Crippen molar-refractivity contribution >= 4 is 17.5 Å². The molecule has 0 bridgehead atoms. The SMILES string of the molecule is O=C(NC(c1ccc(Cl)cc1)C1CC1)c1ccc(-n2cnnn2)cc1. The van der Waals surface area contributed by atoms with E-state index in [1.165, 1.54) is 6.33 Å². The molecular weight excluding hydrogens is 338 g/mol. The van der Waals surface area contributed by atoms with Crippen LogP contribution in [0.15, 0.2) is 54.9 Å². The number of carbonyl (C=O) groups is 1. The van der Waals surface area contributed by atoms with Crippen molar-refractivity contribution in [2.75, 3.05) is 0 Å². The number of amides is 1. The molecule has 25 heavy (non-hydrogen) atoms. The van der Waals surface area contributed by atoms with E-state index in [-0.39, 0.29) is 11.9 Å². The van der Waals surface area contributed by atoms with E-state index in [9.17, 15) is 4.79 Å². The molecule has 0 aliphatic heterocycles. The van der Waals surface area contributed by atoms with E-state index in [0.29, 0.717) is 16.5 Å². The zero-order valence-corrected chi connectivity index (χ0v) is 14.1. The Bertz CT molecular complexity index is 857. The molecule has 1 fully saturated rings. The third-order valence-electron chi connectivity index (χ3n) is 4.35. The Morgan fingerprint density at radius 3 is 2.44 bits per heavy atom. The third kappa shape index (κ3) is 3.53. The molecule has 2 aromatic carbocycles. The fourth-order valence-corrected chi connectivity index (χ4v) is 2.97. The standard InChI is InChI=1S/C18H16ClN5O/c19-15-7-3-13(4-8-15)17(12-1-2-12)21-18(25)14-5-9-16(10-6-14)24-11-20-22-23-24/h3-12,17H,1-2H2,(H,21,25). The van der Waals surface area contributed by atoms with E-state index in [0.717, 1.165) is 24.1 Å². The molecule has 1 amide bonds. The Kier molecular flexibility index (Phi) is 4.19. The average Bonchev–Trinajstić information content (AvgIpc) is 3.33. The van der Waals surface area contributed by atoms with Crippen molar-refractivity contribution in [1.82, 2.24) is 25.5 Å². The monoisotopic (exact) mass is 353 g/mol. The first kappa shape index (κ1) is 15.8. The minimum atomic E-state index is -0.0879. The molecule has 0 radical (unpaired) electrons. The van der Waals surface area contributed by atoms with Gasteiger partial charge in [0.25, 0.3) is 5.91 Å². The highest BCUT2D eigenvalue weighted by atomic mass is 35.5. The molecule has 1 unspecified atom stereocenters. The van der Waals surface area contributed by atoms with Gasteiger partial charge in [0.2, 0.25) is 0 Å². The second-order valence-corrected chi connectivity index (χ2v) is 6.58. The van der Waals surface area contributed by atoms with Gasteiger partial charge in [-0.1, -0.05) is 23.7 Å². The quantitative estimate of drug-likeness (QED) is 0.764. The molecule has 1 heterocycles. The number of hydrogen-bond donors (Lipinski definition) is 1. The predicted molar refractivity (Wildman–Crippen MR) is 93.5 cm³/mol. The van der Waals surface area contributed by atoms with E-state index in [2.05, 4.69) is 20.8 Å². The Balaban J connectivity index is 1.50. The molecule has 6 nitrogen and oxygen atoms in total. The third-order valence-corrected chi connectivity index (χ3v) is 4.60. The molecule has 1 aromatic heterocycles. The maximum atomic E-state index is 12.6. The first-order chi connectivity index (χ1) is 12.2. The van der Waals surface area contributed by atoms with Crippen molar-refractivity contribution < 1.29 is 4.79 Å². The van der Waals surface area contributed by atoms with Gasteiger partial charge in [-0.3, -0.25) is 4.79 Å². The molecule has 4 rings (SSSR count). The summed E-state index contributed by atoms with van der Waals surface area (Å²) >= 11 is 5.97. The molecule has 1 atom stereocenters. The summed E-state index contributed by atoms with van der Waals surface area (Å²) in [4.78, 5) is 12.6. The number of hydrogen-bond acceptors (Lipinski definition) is 4. The first-order valence-electron chi connectivity index (χ1n) is 8.10. The highest BCUT2D eigenvalue weighted by Crippen LogP contribution is 2.41. The number of aromatic nitrogens is 4. The maximum Gasteiger partial charge on any atom is 0.251 e. The van der Waals surface area contributed by atoms with Crippen molar-refractivity contribution in [3.8, 4) is 5.69 Å². The van der Waals surface area contributed by atoms with Crippen LogP contribution in [0.2, 0.25) is 5.02 Å². The van der Waals surface area contributed by atoms with Crippen LogP contribution in [-0.4, -0.2) is 26.1 Å². The summed E-state index contributed by atoms with van der Waals surface area (Å²) in [5.41, 5.74) is 2.50. The van der Waals surface area contributed by atoms with Crippen LogP contribution in [0.1, 0.15) is 34.8 Å². The maximum absolute atomic E-state index is 12.6. The number of nitrogens with one attached hydrogen (secondary N) is 1. The van der Waals surface area contributed by atoms with Crippen LogP contribution in [0.4, 0.5) is 0 Å². The van der Waals surface area contributed by atoms with Crippen LogP contribution in [0.5, 0.6) is 0 Å². The molecule has 3 aromatic rings. The van der Waals surface area contributed by atoms with Gasteiger partial charge in [0.15, 0.2) is 0 Å². The van der Waals surface area contributed by atoms with E-state index in [4.69, 9.17) is 11.6 Å². The minimum Gasteiger partial charge on any atom is -0.345 e. The highest BCUT2D eigenvalue weighted by molar-refractivity contribution is 6.30. The van der Waals surface area contributed by atoms with E-state index < -0.39 is 0 Å². The summed E-state index contributed by atoms with van der Waals surface area (Å²) in [5, 5.41) is 14.9. The van der Waals surface area contributed by atoms with Crippen LogP contribution in [0.3, 0.4) is 0 Å². The Morgan fingerprint density at radius 2 is 1.84 bits per heavy atom. The Hall–Kier alpha value is -2.73. The molecule has 1 aliphatic rings. The normalized spacial score (nSPS) is 14.9. The van der Waals surface area contributed by atoms with Crippen LogP contribution in [0, 0.1) is 5.92 Å². The number of halogens is 1. The van der Waals surface area contributed by atoms with Crippen molar-refractivity contribution in [1.29, 1.82) is 0 Å². The molecule has 1 N–H and O–H groups in total. The second-order valence-electron chi connectivity index (χ2n) is 6.14. The van der Waals surface area contributed by atoms with Crippen molar-refractivity contribution in [2.45, 2.75) is 18.9 Å². The van der Waals surface area contributed by atoms with Gasteiger partial charge in [0, 0.05) is 10.6 Å². The smallest absolute Gasteiger partial charge is 0.251 e. The lowest BCUT2D eigenvalue weighted by atomic mass is 10.0. The summed E-state index contributed by atoms with van der Waals surface area (Å²) in [7, 11) is 0. The topological polar surface area (TPSA) is 72.7 Å². The lowest BCUT2D eigenvalue weighted by molar-refractivity contribution is 0.0931. The van der Waals surface area contributed by atoms with Gasteiger partial charge in [-0.05, 0) is 71.1 Å². The molecule has 0 saturated heterocycles. The summed E-state index contributed by atoms with van der Waals surface area (Å²) in [6.45, 7) is 0. The molecule has 1 aliphatic carbocycles. The second kappa shape index (κ2) is 6.64. The molecular formula is C18H16ClN5O. The van der Waals surface area contributed by atoms with Gasteiger partial charge in [0.05, 0.1) is 11.7 Å². The number of tetrazole rings is 1. The van der Waals surface area contributed by atoms with Crippen LogP contribution < -0.4 is 5.32 Å². The molecule has 126 valence electrons. The lowest BCUT2D eigenvalue weighted by Crippen LogP contribution is -2.29. The van der Waals surface area contributed by atoms with Crippen molar-refractivity contribution in [2.24, 2.45) is 5.92 Å². The fourth-order valence-electron chi connectivity index (χ4n) is 2.84. The van der Waals surface area contributed by atoms with Crippen LogP contribution in [0.25, 0.3) is 5.69 Å². The fraction of sp³-hybridized carbons (Fsp3) is 0.222. The van der Waals surface area contributed by atoms with Gasteiger partial charge in [-0.25, -0.2) is 4.68 Å². The molecule has 0 spiro atoms. The number of rotatable bonds is 5. The zero-order valence-electron chi connectivity index (χ0n) is 13.3. The van der Waals surface area contributed by atoms with E-state index in [1.54, 1.807) is 16.8 Å². The number of benzene rings is 2. The van der Waals surface area contributed by atoms with E-state index >= 15 is 0 Å². The number of carbonyl (C=O) groups excluding carboxylic acids is 1. The van der Waals surface area contributed by atoms with Crippen LogP contribution >= 0.6 is 11.6 Å². The largest absolute Gasteiger partial charge is 0.345 e. The lowest BCUT2D eigenvalue weighted by Gasteiger charge is -2.19. The van der Waals surface area contributed by atoms with Gasteiger partial charge in [0.1, 0.15) is 6.33 Å². The molecule has 1 saturated carbocycles. The van der Waals surface area contributed by atoms with Crippen molar-refractivity contribution in [3.63, 3.8) is 0 Å². The van der Waals surface area contributed by atoms with Gasteiger partial charge in [-0.2, -0.15) is 0 Å². The molecule has 7 heteroatoms. The Morgan fingerprint density at radius 1 is 1.12 bits per heavy atom. The average molecular weight is 354 g/mol.